The van der Waals surface area contributed by atoms with Gasteiger partial charge in [0, 0.05) is 23.2 Å². The van der Waals surface area contributed by atoms with E-state index < -0.39 is 0 Å². The van der Waals surface area contributed by atoms with E-state index in [9.17, 15) is 4.79 Å². The molecule has 0 unspecified atom stereocenters. The Kier molecular flexibility index (Phi) is 4.53. The van der Waals surface area contributed by atoms with E-state index in [2.05, 4.69) is 15.3 Å². The lowest BCUT2D eigenvalue weighted by Crippen LogP contribution is -2.26. The highest BCUT2D eigenvalue weighted by Gasteiger charge is 2.11. The number of amides is 1. The van der Waals surface area contributed by atoms with E-state index in [1.54, 1.807) is 6.20 Å². The summed E-state index contributed by atoms with van der Waals surface area (Å²) in [5, 5.41) is 4.51. The monoisotopic (exact) mass is 325 g/mol. The number of aryl methyl sites for hydroxylation is 1. The second-order valence-corrected chi connectivity index (χ2v) is 5.74. The molecule has 0 spiro atoms. The first-order valence-corrected chi connectivity index (χ1v) is 7.76. The fourth-order valence-corrected chi connectivity index (χ4v) is 2.52. The Morgan fingerprint density at radius 3 is 2.78 bits per heavy atom. The van der Waals surface area contributed by atoms with Crippen molar-refractivity contribution in [1.29, 1.82) is 0 Å². The van der Waals surface area contributed by atoms with Crippen molar-refractivity contribution < 1.29 is 4.79 Å². The standard InChI is InChI=1S/C18H16ClN3O/c1-12-16(11-14-3-2-9-20-17(14)22-12)18(23)21-10-8-13-4-6-15(19)7-5-13/h2-7,9,11H,8,10H2,1H3,(H,21,23). The molecule has 5 heteroatoms. The highest BCUT2D eigenvalue weighted by molar-refractivity contribution is 6.30. The Balaban J connectivity index is 1.68. The van der Waals surface area contributed by atoms with E-state index in [-0.39, 0.29) is 5.91 Å². The maximum Gasteiger partial charge on any atom is 0.253 e. The Morgan fingerprint density at radius 2 is 2.00 bits per heavy atom. The van der Waals surface area contributed by atoms with Gasteiger partial charge in [0.25, 0.3) is 5.91 Å². The largest absolute Gasteiger partial charge is 0.352 e. The predicted molar refractivity (Wildman–Crippen MR) is 91.8 cm³/mol. The van der Waals surface area contributed by atoms with Crippen molar-refractivity contribution in [2.45, 2.75) is 13.3 Å². The van der Waals surface area contributed by atoms with Crippen molar-refractivity contribution in [2.75, 3.05) is 6.54 Å². The number of nitrogens with one attached hydrogen (secondary N) is 1. The van der Waals surface area contributed by atoms with Gasteiger partial charge in [-0.25, -0.2) is 9.97 Å². The van der Waals surface area contributed by atoms with Gasteiger partial charge in [-0.3, -0.25) is 4.79 Å². The van der Waals surface area contributed by atoms with Crippen molar-refractivity contribution >= 4 is 28.5 Å². The Hall–Kier alpha value is -2.46. The summed E-state index contributed by atoms with van der Waals surface area (Å²) in [5.74, 6) is -0.116. The number of rotatable bonds is 4. The lowest BCUT2D eigenvalue weighted by Gasteiger charge is -2.08. The molecule has 2 aromatic heterocycles. The van der Waals surface area contributed by atoms with Gasteiger partial charge in [0.2, 0.25) is 0 Å². The van der Waals surface area contributed by atoms with Crippen LogP contribution < -0.4 is 5.32 Å². The summed E-state index contributed by atoms with van der Waals surface area (Å²) in [7, 11) is 0. The van der Waals surface area contributed by atoms with Crippen LogP contribution in [0.3, 0.4) is 0 Å². The molecule has 0 fully saturated rings. The molecule has 116 valence electrons. The van der Waals surface area contributed by atoms with Gasteiger partial charge < -0.3 is 5.32 Å². The van der Waals surface area contributed by atoms with Gasteiger partial charge in [0.05, 0.1) is 11.3 Å². The van der Waals surface area contributed by atoms with Crippen LogP contribution in [-0.4, -0.2) is 22.4 Å². The molecule has 0 bridgehead atoms. The third-order valence-corrected chi connectivity index (χ3v) is 3.89. The summed E-state index contributed by atoms with van der Waals surface area (Å²) in [6.45, 7) is 2.38. The van der Waals surface area contributed by atoms with E-state index in [1.807, 2.05) is 49.4 Å². The lowest BCUT2D eigenvalue weighted by molar-refractivity contribution is 0.0953. The first-order chi connectivity index (χ1) is 11.1. The molecular weight excluding hydrogens is 310 g/mol. The van der Waals surface area contributed by atoms with Crippen LogP contribution >= 0.6 is 11.6 Å². The van der Waals surface area contributed by atoms with E-state index in [1.165, 1.54) is 0 Å². The van der Waals surface area contributed by atoms with E-state index in [0.29, 0.717) is 28.5 Å². The maximum absolute atomic E-state index is 12.4. The third kappa shape index (κ3) is 3.66. The molecule has 3 aromatic rings. The summed E-state index contributed by atoms with van der Waals surface area (Å²) in [6, 6.07) is 13.2. The van der Waals surface area contributed by atoms with Crippen molar-refractivity contribution in [3.05, 3.63) is 70.5 Å². The average Bonchev–Trinajstić information content (AvgIpc) is 2.56. The highest BCUT2D eigenvalue weighted by Crippen LogP contribution is 2.14. The van der Waals surface area contributed by atoms with Crippen LogP contribution in [0, 0.1) is 6.92 Å². The molecule has 0 radical (unpaired) electrons. The normalized spacial score (nSPS) is 10.7. The molecule has 0 aliphatic carbocycles. The summed E-state index contributed by atoms with van der Waals surface area (Å²) in [6.07, 6.45) is 2.45. The number of carbonyl (C=O) groups is 1. The fraction of sp³-hybridized carbons (Fsp3) is 0.167. The molecule has 1 aromatic carbocycles. The average molecular weight is 326 g/mol. The quantitative estimate of drug-likeness (QED) is 0.798. The van der Waals surface area contributed by atoms with Crippen LogP contribution in [0.4, 0.5) is 0 Å². The number of benzene rings is 1. The van der Waals surface area contributed by atoms with Crippen molar-refractivity contribution in [3.63, 3.8) is 0 Å². The van der Waals surface area contributed by atoms with Gasteiger partial charge >= 0.3 is 0 Å². The van der Waals surface area contributed by atoms with Crippen LogP contribution in [0.1, 0.15) is 21.6 Å². The molecule has 0 saturated heterocycles. The van der Waals surface area contributed by atoms with Crippen LogP contribution in [-0.2, 0) is 6.42 Å². The van der Waals surface area contributed by atoms with Crippen molar-refractivity contribution in [1.82, 2.24) is 15.3 Å². The molecule has 0 saturated carbocycles. The fourth-order valence-electron chi connectivity index (χ4n) is 2.39. The van der Waals surface area contributed by atoms with Crippen molar-refractivity contribution in [2.24, 2.45) is 0 Å². The molecule has 0 atom stereocenters. The number of halogens is 1. The second kappa shape index (κ2) is 6.75. The van der Waals surface area contributed by atoms with E-state index in [0.717, 1.165) is 17.4 Å². The van der Waals surface area contributed by atoms with Gasteiger partial charge in [-0.15, -0.1) is 0 Å². The van der Waals surface area contributed by atoms with Crippen LogP contribution in [0.25, 0.3) is 11.0 Å². The molecule has 3 rings (SSSR count). The summed E-state index contributed by atoms with van der Waals surface area (Å²) in [5.41, 5.74) is 3.05. The Bertz CT molecular complexity index is 847. The summed E-state index contributed by atoms with van der Waals surface area (Å²) >= 11 is 5.86. The summed E-state index contributed by atoms with van der Waals surface area (Å²) in [4.78, 5) is 20.9. The molecule has 0 aliphatic rings. The van der Waals surface area contributed by atoms with Gasteiger partial charge in [0.1, 0.15) is 0 Å². The predicted octanol–water partition coefficient (Wildman–Crippen LogP) is 3.56. The Labute approximate surface area is 139 Å². The number of aromatic nitrogens is 2. The van der Waals surface area contributed by atoms with Gasteiger partial charge in [0.15, 0.2) is 5.65 Å². The second-order valence-electron chi connectivity index (χ2n) is 5.30. The molecule has 1 N–H and O–H groups in total. The minimum Gasteiger partial charge on any atom is -0.352 e. The van der Waals surface area contributed by atoms with Gasteiger partial charge in [-0.1, -0.05) is 23.7 Å². The minimum atomic E-state index is -0.116. The highest BCUT2D eigenvalue weighted by atomic mass is 35.5. The van der Waals surface area contributed by atoms with Crippen LogP contribution in [0.5, 0.6) is 0 Å². The number of hydrogen-bond acceptors (Lipinski definition) is 3. The maximum atomic E-state index is 12.4. The number of hydrogen-bond donors (Lipinski definition) is 1. The first-order valence-electron chi connectivity index (χ1n) is 7.38. The number of pyridine rings is 2. The molecule has 23 heavy (non-hydrogen) atoms. The zero-order chi connectivity index (χ0) is 16.2. The molecule has 4 nitrogen and oxygen atoms in total. The van der Waals surface area contributed by atoms with E-state index >= 15 is 0 Å². The van der Waals surface area contributed by atoms with E-state index in [4.69, 9.17) is 11.6 Å². The molecular formula is C18H16ClN3O. The lowest BCUT2D eigenvalue weighted by atomic mass is 10.1. The topological polar surface area (TPSA) is 54.9 Å². The molecule has 0 aliphatic heterocycles. The number of carbonyl (C=O) groups excluding carboxylic acids is 1. The van der Waals surface area contributed by atoms with Gasteiger partial charge in [-0.05, 0) is 49.2 Å². The first kappa shape index (κ1) is 15.4. The zero-order valence-electron chi connectivity index (χ0n) is 12.7. The SMILES string of the molecule is Cc1nc2ncccc2cc1C(=O)NCCc1ccc(Cl)cc1. The van der Waals surface area contributed by atoms with Crippen LogP contribution in [0.2, 0.25) is 5.02 Å². The third-order valence-electron chi connectivity index (χ3n) is 3.64. The van der Waals surface area contributed by atoms with Crippen molar-refractivity contribution in [3.8, 4) is 0 Å². The zero-order valence-corrected chi connectivity index (χ0v) is 13.5. The molecule has 1 amide bonds. The minimum absolute atomic E-state index is 0.116. The van der Waals surface area contributed by atoms with Gasteiger partial charge in [-0.2, -0.15) is 0 Å². The number of fused-ring (bicyclic) bond motifs is 1. The summed E-state index contributed by atoms with van der Waals surface area (Å²) < 4.78 is 0. The Morgan fingerprint density at radius 1 is 1.22 bits per heavy atom. The molecule has 2 heterocycles. The number of nitrogens with zero attached hydrogens (tertiary/aromatic N) is 2. The van der Waals surface area contributed by atoms with Crippen LogP contribution in [0.15, 0.2) is 48.7 Å². The smallest absolute Gasteiger partial charge is 0.253 e.